The normalized spacial score (nSPS) is 13.6. The summed E-state index contributed by atoms with van der Waals surface area (Å²) in [7, 11) is 0. The molecule has 1 aromatic heterocycles. The quantitative estimate of drug-likeness (QED) is 0.435. The lowest BCUT2D eigenvalue weighted by Gasteiger charge is -2.30. The van der Waals surface area contributed by atoms with Crippen molar-refractivity contribution in [3.8, 4) is 0 Å². The molecular weight excluding hydrogens is 371 g/mol. The van der Waals surface area contributed by atoms with E-state index in [1.54, 1.807) is 0 Å². The number of halogens is 2. The number of thioether (sulfide) groups is 1. The Morgan fingerprint density at radius 1 is 1.08 bits per heavy atom. The van der Waals surface area contributed by atoms with E-state index in [0.717, 1.165) is 34.3 Å². The Bertz CT molecular complexity index is 803. The zero-order chi connectivity index (χ0) is 17.7. The minimum atomic E-state index is 0.00307. The third-order valence-corrected chi connectivity index (χ3v) is 6.25. The van der Waals surface area contributed by atoms with E-state index in [1.165, 1.54) is 5.56 Å². The van der Waals surface area contributed by atoms with Gasteiger partial charge in [0.05, 0.1) is 11.3 Å². The number of hydrogen-bond donors (Lipinski definition) is 0. The Kier molecular flexibility index (Phi) is 6.10. The average molecular weight is 391 g/mol. The molecular formula is C20H20Cl2N2S. The van der Waals surface area contributed by atoms with Gasteiger partial charge in [-0.2, -0.15) is 0 Å². The van der Waals surface area contributed by atoms with Gasteiger partial charge in [-0.05, 0) is 49.6 Å². The monoisotopic (exact) mass is 390 g/mol. The van der Waals surface area contributed by atoms with Gasteiger partial charge in [-0.25, -0.2) is 4.98 Å². The van der Waals surface area contributed by atoms with Crippen molar-refractivity contribution in [2.45, 2.75) is 36.0 Å². The van der Waals surface area contributed by atoms with Gasteiger partial charge in [0.15, 0.2) is 0 Å². The molecule has 0 radical (unpaired) electrons. The van der Waals surface area contributed by atoms with Crippen LogP contribution in [0.3, 0.4) is 0 Å². The molecule has 2 aromatic carbocycles. The lowest BCUT2D eigenvalue weighted by Crippen LogP contribution is -2.25. The fraction of sp³-hybridized carbons (Fsp3) is 0.250. The van der Waals surface area contributed by atoms with E-state index < -0.39 is 0 Å². The van der Waals surface area contributed by atoms with E-state index in [4.69, 9.17) is 23.2 Å². The van der Waals surface area contributed by atoms with E-state index in [9.17, 15) is 0 Å². The standard InChI is InChI=1S/C20H20Cl2N2S/c1-20(10-12-24-13-11-23-15-24,14-16-6-8-17(21)9-7-16)25-19-5-3-2-4-18(19)22/h2-9,11,13,15H,10,12,14H2,1H3. The van der Waals surface area contributed by atoms with Crippen molar-refractivity contribution in [1.29, 1.82) is 0 Å². The van der Waals surface area contributed by atoms with Crippen LogP contribution in [0, 0.1) is 0 Å². The number of aryl methyl sites for hydroxylation is 1. The first-order valence-corrected chi connectivity index (χ1v) is 9.75. The predicted molar refractivity (Wildman–Crippen MR) is 108 cm³/mol. The summed E-state index contributed by atoms with van der Waals surface area (Å²) in [4.78, 5) is 5.25. The summed E-state index contributed by atoms with van der Waals surface area (Å²) in [6.07, 6.45) is 7.63. The van der Waals surface area contributed by atoms with Gasteiger partial charge in [0, 0.05) is 33.6 Å². The molecule has 5 heteroatoms. The van der Waals surface area contributed by atoms with Crippen LogP contribution >= 0.6 is 35.0 Å². The van der Waals surface area contributed by atoms with Crippen molar-refractivity contribution >= 4 is 35.0 Å². The van der Waals surface area contributed by atoms with Gasteiger partial charge in [-0.15, -0.1) is 11.8 Å². The highest BCUT2D eigenvalue weighted by Gasteiger charge is 2.27. The van der Waals surface area contributed by atoms with Crippen LogP contribution < -0.4 is 0 Å². The highest BCUT2D eigenvalue weighted by Crippen LogP contribution is 2.41. The summed E-state index contributed by atoms with van der Waals surface area (Å²) in [5.41, 5.74) is 1.28. The van der Waals surface area contributed by atoms with Crippen LogP contribution in [-0.2, 0) is 13.0 Å². The molecule has 0 bridgehead atoms. The minimum Gasteiger partial charge on any atom is -0.337 e. The maximum Gasteiger partial charge on any atom is 0.0945 e. The molecule has 0 aliphatic heterocycles. The van der Waals surface area contributed by atoms with E-state index in [2.05, 4.69) is 34.7 Å². The predicted octanol–water partition coefficient (Wildman–Crippen LogP) is 6.37. The van der Waals surface area contributed by atoms with Crippen molar-refractivity contribution in [1.82, 2.24) is 9.55 Å². The number of aromatic nitrogens is 2. The summed E-state index contributed by atoms with van der Waals surface area (Å²) >= 11 is 14.3. The zero-order valence-electron chi connectivity index (χ0n) is 14.0. The molecule has 2 nitrogen and oxygen atoms in total. The maximum absolute atomic E-state index is 6.40. The van der Waals surface area contributed by atoms with Gasteiger partial charge in [-0.1, -0.05) is 47.5 Å². The fourth-order valence-corrected chi connectivity index (χ4v) is 4.44. The van der Waals surface area contributed by atoms with Crippen LogP contribution in [0.2, 0.25) is 10.0 Å². The Labute approximate surface area is 163 Å². The van der Waals surface area contributed by atoms with Crippen LogP contribution in [-0.4, -0.2) is 14.3 Å². The first-order chi connectivity index (χ1) is 12.0. The van der Waals surface area contributed by atoms with Crippen LogP contribution in [0.5, 0.6) is 0 Å². The first kappa shape index (κ1) is 18.4. The van der Waals surface area contributed by atoms with Crippen LogP contribution in [0.25, 0.3) is 0 Å². The minimum absolute atomic E-state index is 0.00307. The molecule has 1 atom stereocenters. The Balaban J connectivity index is 1.81. The third kappa shape index (κ3) is 5.27. The molecule has 3 aromatic rings. The largest absolute Gasteiger partial charge is 0.337 e. The maximum atomic E-state index is 6.40. The van der Waals surface area contributed by atoms with Crippen molar-refractivity contribution in [2.24, 2.45) is 0 Å². The molecule has 1 unspecified atom stereocenters. The van der Waals surface area contributed by atoms with Crippen LogP contribution in [0.15, 0.2) is 72.1 Å². The topological polar surface area (TPSA) is 17.8 Å². The van der Waals surface area contributed by atoms with E-state index in [1.807, 2.05) is 60.8 Å². The van der Waals surface area contributed by atoms with Gasteiger partial charge >= 0.3 is 0 Å². The molecule has 1 heterocycles. The fourth-order valence-electron chi connectivity index (χ4n) is 2.79. The van der Waals surface area contributed by atoms with Crippen molar-refractivity contribution in [3.63, 3.8) is 0 Å². The molecule has 0 saturated carbocycles. The molecule has 0 spiro atoms. The lowest BCUT2D eigenvalue weighted by molar-refractivity contribution is 0.518. The van der Waals surface area contributed by atoms with Gasteiger partial charge in [0.25, 0.3) is 0 Å². The average Bonchev–Trinajstić information content (AvgIpc) is 3.11. The number of nitrogens with zero attached hydrogens (tertiary/aromatic N) is 2. The highest BCUT2D eigenvalue weighted by atomic mass is 35.5. The van der Waals surface area contributed by atoms with Crippen molar-refractivity contribution < 1.29 is 0 Å². The Hall–Kier alpha value is -1.42. The van der Waals surface area contributed by atoms with Crippen molar-refractivity contribution in [2.75, 3.05) is 0 Å². The van der Waals surface area contributed by atoms with Gasteiger partial charge in [-0.3, -0.25) is 0 Å². The van der Waals surface area contributed by atoms with Crippen LogP contribution in [0.1, 0.15) is 18.9 Å². The number of imidazole rings is 1. The van der Waals surface area contributed by atoms with Crippen molar-refractivity contribution in [3.05, 3.63) is 82.9 Å². The summed E-state index contributed by atoms with van der Waals surface area (Å²) in [6.45, 7) is 3.22. The Morgan fingerprint density at radius 2 is 1.84 bits per heavy atom. The van der Waals surface area contributed by atoms with Gasteiger partial charge in [0.2, 0.25) is 0 Å². The summed E-state index contributed by atoms with van der Waals surface area (Å²) in [5.74, 6) is 0. The highest BCUT2D eigenvalue weighted by molar-refractivity contribution is 8.00. The summed E-state index contributed by atoms with van der Waals surface area (Å²) in [6, 6.07) is 16.1. The first-order valence-electron chi connectivity index (χ1n) is 8.18. The third-order valence-electron chi connectivity index (χ3n) is 4.14. The van der Waals surface area contributed by atoms with E-state index in [0.29, 0.717) is 0 Å². The van der Waals surface area contributed by atoms with Gasteiger partial charge in [0.1, 0.15) is 0 Å². The molecule has 130 valence electrons. The lowest BCUT2D eigenvalue weighted by atomic mass is 9.97. The smallest absolute Gasteiger partial charge is 0.0945 e. The molecule has 0 amide bonds. The molecule has 0 fully saturated rings. The summed E-state index contributed by atoms with van der Waals surface area (Å²) in [5, 5.41) is 1.57. The van der Waals surface area contributed by atoms with Gasteiger partial charge < -0.3 is 4.57 Å². The molecule has 3 rings (SSSR count). The summed E-state index contributed by atoms with van der Waals surface area (Å²) < 4.78 is 2.12. The molecule has 25 heavy (non-hydrogen) atoms. The second-order valence-corrected chi connectivity index (χ2v) is 8.81. The zero-order valence-corrected chi connectivity index (χ0v) is 16.4. The second kappa shape index (κ2) is 8.31. The Morgan fingerprint density at radius 3 is 2.52 bits per heavy atom. The van der Waals surface area contributed by atoms with Crippen LogP contribution in [0.4, 0.5) is 0 Å². The molecule has 0 aliphatic rings. The van der Waals surface area contributed by atoms with E-state index in [-0.39, 0.29) is 4.75 Å². The number of rotatable bonds is 7. The molecule has 0 N–H and O–H groups in total. The SMILES string of the molecule is CC(CCn1ccnc1)(Cc1ccc(Cl)cc1)Sc1ccccc1Cl. The number of benzene rings is 2. The second-order valence-electron chi connectivity index (χ2n) is 6.34. The number of hydrogen-bond acceptors (Lipinski definition) is 2. The van der Waals surface area contributed by atoms with E-state index >= 15 is 0 Å². The molecule has 0 saturated heterocycles. The molecule has 0 aliphatic carbocycles.